The van der Waals surface area contributed by atoms with E-state index in [-0.39, 0.29) is 4.75 Å². The molecule has 0 fully saturated rings. The first kappa shape index (κ1) is 17.3. The van der Waals surface area contributed by atoms with E-state index >= 15 is 0 Å². The summed E-state index contributed by atoms with van der Waals surface area (Å²) in [4.78, 5) is 10.6. The van der Waals surface area contributed by atoms with Crippen molar-refractivity contribution in [2.24, 2.45) is 0 Å². The maximum absolute atomic E-state index is 10.6. The van der Waals surface area contributed by atoms with Crippen molar-refractivity contribution >= 4 is 18.2 Å². The number of amides is 1. The van der Waals surface area contributed by atoms with Crippen LogP contribution in [0.3, 0.4) is 0 Å². The fourth-order valence-corrected chi connectivity index (χ4v) is 4.52. The Hall–Kier alpha value is -2.52. The van der Waals surface area contributed by atoms with Crippen molar-refractivity contribution in [1.82, 2.24) is 5.32 Å². The lowest BCUT2D eigenvalue weighted by molar-refractivity contribution is -0.109. The van der Waals surface area contributed by atoms with Crippen molar-refractivity contribution in [2.45, 2.75) is 4.75 Å². The second kappa shape index (κ2) is 8.54. The van der Waals surface area contributed by atoms with Gasteiger partial charge in [-0.3, -0.25) is 4.79 Å². The molecule has 0 atom stereocenters. The van der Waals surface area contributed by atoms with E-state index in [0.717, 1.165) is 12.2 Å². The van der Waals surface area contributed by atoms with Crippen LogP contribution in [-0.4, -0.2) is 18.7 Å². The molecule has 1 N–H and O–H groups in total. The Kier molecular flexibility index (Phi) is 5.91. The third kappa shape index (κ3) is 3.77. The quantitative estimate of drug-likeness (QED) is 0.370. The van der Waals surface area contributed by atoms with Crippen LogP contribution in [0.25, 0.3) is 0 Å². The second-order valence-electron chi connectivity index (χ2n) is 5.70. The van der Waals surface area contributed by atoms with Crippen LogP contribution in [0.2, 0.25) is 0 Å². The predicted octanol–water partition coefficient (Wildman–Crippen LogP) is 4.46. The van der Waals surface area contributed by atoms with Crippen molar-refractivity contribution in [3.63, 3.8) is 0 Å². The molecule has 0 aliphatic rings. The maximum Gasteiger partial charge on any atom is 0.207 e. The molecule has 0 unspecified atom stereocenters. The van der Waals surface area contributed by atoms with Crippen LogP contribution in [0, 0.1) is 0 Å². The van der Waals surface area contributed by atoms with Gasteiger partial charge in [0.2, 0.25) is 6.41 Å². The highest BCUT2D eigenvalue weighted by Gasteiger charge is 2.36. The summed E-state index contributed by atoms with van der Waals surface area (Å²) in [5.41, 5.74) is 3.72. The molecule has 3 aromatic rings. The molecule has 0 heterocycles. The summed E-state index contributed by atoms with van der Waals surface area (Å²) in [5, 5.41) is 2.77. The molecule has 0 spiro atoms. The largest absolute Gasteiger partial charge is 0.358 e. The van der Waals surface area contributed by atoms with Gasteiger partial charge in [0.15, 0.2) is 0 Å². The van der Waals surface area contributed by atoms with E-state index < -0.39 is 0 Å². The maximum atomic E-state index is 10.6. The van der Waals surface area contributed by atoms with Crippen molar-refractivity contribution in [2.75, 3.05) is 12.3 Å². The number of rotatable bonds is 8. The molecule has 3 aromatic carbocycles. The number of carbonyl (C=O) groups is 1. The van der Waals surface area contributed by atoms with Gasteiger partial charge in [-0.1, -0.05) is 91.0 Å². The van der Waals surface area contributed by atoms with E-state index in [1.807, 2.05) is 30.0 Å². The van der Waals surface area contributed by atoms with Crippen LogP contribution in [0.1, 0.15) is 16.7 Å². The third-order valence-electron chi connectivity index (χ3n) is 4.19. The first-order valence-corrected chi connectivity index (χ1v) is 9.34. The molecule has 2 nitrogen and oxygen atoms in total. The van der Waals surface area contributed by atoms with Crippen LogP contribution >= 0.6 is 11.8 Å². The average molecular weight is 347 g/mol. The minimum atomic E-state index is -0.311. The number of hydrogen-bond acceptors (Lipinski definition) is 2. The fourth-order valence-electron chi connectivity index (χ4n) is 3.09. The SMILES string of the molecule is O=CNCCSC(c1ccccc1)(c1ccccc1)c1ccccc1. The van der Waals surface area contributed by atoms with Gasteiger partial charge in [-0.2, -0.15) is 0 Å². The molecule has 0 saturated carbocycles. The first-order chi connectivity index (χ1) is 12.4. The van der Waals surface area contributed by atoms with E-state index in [1.54, 1.807) is 0 Å². The normalized spacial score (nSPS) is 11.0. The van der Waals surface area contributed by atoms with Gasteiger partial charge in [-0.05, 0) is 16.7 Å². The van der Waals surface area contributed by atoms with Crippen LogP contribution in [0.5, 0.6) is 0 Å². The summed E-state index contributed by atoms with van der Waals surface area (Å²) in [6, 6.07) is 31.7. The number of benzene rings is 3. The van der Waals surface area contributed by atoms with Crippen LogP contribution < -0.4 is 5.32 Å². The third-order valence-corrected chi connectivity index (χ3v) is 5.74. The Morgan fingerprint density at radius 1 is 0.720 bits per heavy atom. The molecule has 3 heteroatoms. The predicted molar refractivity (Wildman–Crippen MR) is 106 cm³/mol. The van der Waals surface area contributed by atoms with Gasteiger partial charge in [-0.15, -0.1) is 11.8 Å². The fraction of sp³-hybridized carbons (Fsp3) is 0.136. The monoisotopic (exact) mass is 347 g/mol. The Morgan fingerprint density at radius 3 is 1.48 bits per heavy atom. The average Bonchev–Trinajstić information content (AvgIpc) is 2.70. The van der Waals surface area contributed by atoms with Gasteiger partial charge in [0.25, 0.3) is 0 Å². The molecular formula is C22H21NOS. The van der Waals surface area contributed by atoms with Crippen molar-refractivity contribution in [3.8, 4) is 0 Å². The summed E-state index contributed by atoms with van der Waals surface area (Å²) >= 11 is 1.85. The molecule has 0 aliphatic carbocycles. The zero-order chi connectivity index (χ0) is 17.4. The van der Waals surface area contributed by atoms with Gasteiger partial charge < -0.3 is 5.32 Å². The minimum Gasteiger partial charge on any atom is -0.358 e. The van der Waals surface area contributed by atoms with Crippen LogP contribution in [0.4, 0.5) is 0 Å². The zero-order valence-electron chi connectivity index (χ0n) is 14.0. The first-order valence-electron chi connectivity index (χ1n) is 8.35. The summed E-state index contributed by atoms with van der Waals surface area (Å²) < 4.78 is -0.311. The summed E-state index contributed by atoms with van der Waals surface area (Å²) in [6.07, 6.45) is 0.760. The van der Waals surface area contributed by atoms with E-state index in [1.165, 1.54) is 16.7 Å². The van der Waals surface area contributed by atoms with Gasteiger partial charge in [0.1, 0.15) is 0 Å². The van der Waals surface area contributed by atoms with Crippen molar-refractivity contribution in [1.29, 1.82) is 0 Å². The van der Waals surface area contributed by atoms with E-state index in [2.05, 4.69) is 78.1 Å². The number of thioether (sulfide) groups is 1. The molecule has 0 radical (unpaired) electrons. The number of carbonyl (C=O) groups excluding carboxylic acids is 1. The van der Waals surface area contributed by atoms with E-state index in [0.29, 0.717) is 6.54 Å². The van der Waals surface area contributed by atoms with Crippen LogP contribution in [-0.2, 0) is 9.54 Å². The van der Waals surface area contributed by atoms with Gasteiger partial charge in [0.05, 0.1) is 4.75 Å². The lowest BCUT2D eigenvalue weighted by atomic mass is 9.84. The van der Waals surface area contributed by atoms with Gasteiger partial charge in [0, 0.05) is 12.3 Å². The topological polar surface area (TPSA) is 29.1 Å². The Balaban J connectivity index is 2.15. The molecule has 0 bridgehead atoms. The highest BCUT2D eigenvalue weighted by atomic mass is 32.2. The minimum absolute atomic E-state index is 0.311. The number of hydrogen-bond donors (Lipinski definition) is 1. The van der Waals surface area contributed by atoms with Gasteiger partial charge in [-0.25, -0.2) is 0 Å². The molecule has 0 aliphatic heterocycles. The number of nitrogens with one attached hydrogen (secondary N) is 1. The van der Waals surface area contributed by atoms with E-state index in [4.69, 9.17) is 0 Å². The van der Waals surface area contributed by atoms with Gasteiger partial charge >= 0.3 is 0 Å². The molecule has 126 valence electrons. The molecule has 1 amide bonds. The van der Waals surface area contributed by atoms with Crippen LogP contribution in [0.15, 0.2) is 91.0 Å². The standard InChI is InChI=1S/C22H21NOS/c24-18-23-16-17-25-22(19-10-4-1-5-11-19,20-12-6-2-7-13-20)21-14-8-3-9-15-21/h1-15,18H,16-17H2,(H,23,24). The molecular weight excluding hydrogens is 326 g/mol. The molecule has 0 aromatic heterocycles. The Labute approximate surface area is 153 Å². The lowest BCUT2D eigenvalue weighted by Gasteiger charge is -2.35. The summed E-state index contributed by atoms with van der Waals surface area (Å²) in [6.45, 7) is 0.641. The Bertz CT molecular complexity index is 678. The van der Waals surface area contributed by atoms with Crippen molar-refractivity contribution in [3.05, 3.63) is 108 Å². The molecule has 25 heavy (non-hydrogen) atoms. The van der Waals surface area contributed by atoms with E-state index in [9.17, 15) is 4.79 Å². The molecule has 0 saturated heterocycles. The lowest BCUT2D eigenvalue weighted by Crippen LogP contribution is -2.28. The second-order valence-corrected chi connectivity index (χ2v) is 7.01. The zero-order valence-corrected chi connectivity index (χ0v) is 14.8. The Morgan fingerprint density at radius 2 is 1.12 bits per heavy atom. The highest BCUT2D eigenvalue weighted by molar-refractivity contribution is 8.00. The highest BCUT2D eigenvalue weighted by Crippen LogP contribution is 2.48. The van der Waals surface area contributed by atoms with Crippen molar-refractivity contribution < 1.29 is 4.79 Å². The molecule has 3 rings (SSSR count). The summed E-state index contributed by atoms with van der Waals surface area (Å²) in [5.74, 6) is 0.817. The smallest absolute Gasteiger partial charge is 0.207 e. The summed E-state index contributed by atoms with van der Waals surface area (Å²) in [7, 11) is 0.